The second kappa shape index (κ2) is 6.37. The zero-order chi connectivity index (χ0) is 15.5. The number of fused-ring (bicyclic) bond motifs is 1. The number of amides is 1. The number of allylic oxidation sites excluding steroid dienone is 1. The molecule has 0 aromatic heterocycles. The molecule has 0 spiro atoms. The molecule has 112 valence electrons. The molecule has 2 aromatic rings. The van der Waals surface area contributed by atoms with Crippen molar-refractivity contribution in [2.24, 2.45) is 0 Å². The number of rotatable bonds is 2. The normalized spacial score (nSPS) is 17.5. The molecule has 0 fully saturated rings. The van der Waals surface area contributed by atoms with Crippen molar-refractivity contribution in [1.82, 2.24) is 4.90 Å². The second-order valence-corrected chi connectivity index (χ2v) is 5.87. The van der Waals surface area contributed by atoms with E-state index >= 15 is 0 Å². The molecule has 3 heteroatoms. The Labute approximate surface area is 136 Å². The number of hydrogen-bond acceptors (Lipinski definition) is 1. The van der Waals surface area contributed by atoms with Gasteiger partial charge in [0, 0.05) is 11.6 Å². The molecule has 2 aromatic carbocycles. The topological polar surface area (TPSA) is 20.3 Å². The fourth-order valence-corrected chi connectivity index (χ4v) is 3.17. The molecule has 1 aliphatic heterocycles. The molecule has 0 bridgehead atoms. The lowest BCUT2D eigenvalue weighted by Crippen LogP contribution is -2.39. The summed E-state index contributed by atoms with van der Waals surface area (Å²) in [7, 11) is 0. The van der Waals surface area contributed by atoms with Crippen LogP contribution in [-0.2, 0) is 11.2 Å². The fraction of sp³-hybridized carbons (Fsp3) is 0.211. The van der Waals surface area contributed by atoms with Gasteiger partial charge in [-0.2, -0.15) is 0 Å². The van der Waals surface area contributed by atoms with Gasteiger partial charge in [0.05, 0.1) is 6.04 Å². The average molecular weight is 312 g/mol. The van der Waals surface area contributed by atoms with Crippen LogP contribution in [0.3, 0.4) is 0 Å². The molecule has 1 unspecified atom stereocenters. The van der Waals surface area contributed by atoms with E-state index in [1.807, 2.05) is 42.2 Å². The van der Waals surface area contributed by atoms with E-state index in [2.05, 4.69) is 18.2 Å². The third-order valence-corrected chi connectivity index (χ3v) is 4.31. The largest absolute Gasteiger partial charge is 0.328 e. The Kier molecular flexibility index (Phi) is 4.30. The lowest BCUT2D eigenvalue weighted by atomic mass is 9.88. The van der Waals surface area contributed by atoms with Gasteiger partial charge in [-0.3, -0.25) is 4.79 Å². The Hall–Kier alpha value is -2.06. The maximum absolute atomic E-state index is 12.5. The van der Waals surface area contributed by atoms with E-state index in [-0.39, 0.29) is 11.9 Å². The predicted molar refractivity (Wildman–Crippen MR) is 90.0 cm³/mol. The summed E-state index contributed by atoms with van der Waals surface area (Å²) in [5, 5.41) is 0.708. The van der Waals surface area contributed by atoms with Crippen LogP contribution < -0.4 is 0 Å². The van der Waals surface area contributed by atoms with Gasteiger partial charge < -0.3 is 4.90 Å². The van der Waals surface area contributed by atoms with Gasteiger partial charge in [-0.1, -0.05) is 54.1 Å². The first-order valence-electron chi connectivity index (χ1n) is 7.47. The first kappa shape index (κ1) is 14.9. The number of halogens is 1. The zero-order valence-corrected chi connectivity index (χ0v) is 13.3. The minimum Gasteiger partial charge on any atom is -0.328 e. The Morgan fingerprint density at radius 2 is 1.91 bits per heavy atom. The first-order chi connectivity index (χ1) is 10.7. The van der Waals surface area contributed by atoms with Gasteiger partial charge in [-0.15, -0.1) is 0 Å². The summed E-state index contributed by atoms with van der Waals surface area (Å²) in [6.07, 6.45) is 4.32. The smallest absolute Gasteiger partial charge is 0.247 e. The van der Waals surface area contributed by atoms with Crippen molar-refractivity contribution in [2.45, 2.75) is 19.4 Å². The highest BCUT2D eigenvalue weighted by Gasteiger charge is 2.30. The highest BCUT2D eigenvalue weighted by atomic mass is 35.5. The van der Waals surface area contributed by atoms with Crippen molar-refractivity contribution >= 4 is 17.5 Å². The number of carbonyl (C=O) groups is 1. The maximum atomic E-state index is 12.5. The molecule has 1 aliphatic rings. The van der Waals surface area contributed by atoms with Gasteiger partial charge in [0.25, 0.3) is 0 Å². The standard InChI is InChI=1S/C19H18ClNO/c1-2-5-18(22)21-13-12-14-6-3-4-7-17(14)19(21)15-8-10-16(20)11-9-15/h2-11,19H,12-13H2,1H3/b5-2+. The quantitative estimate of drug-likeness (QED) is 0.753. The van der Waals surface area contributed by atoms with E-state index in [1.54, 1.807) is 12.2 Å². The van der Waals surface area contributed by atoms with E-state index in [0.29, 0.717) is 5.02 Å². The highest BCUT2D eigenvalue weighted by Crippen LogP contribution is 2.35. The lowest BCUT2D eigenvalue weighted by molar-refractivity contribution is -0.128. The van der Waals surface area contributed by atoms with Crippen LogP contribution in [0.1, 0.15) is 29.7 Å². The van der Waals surface area contributed by atoms with Gasteiger partial charge in [0.2, 0.25) is 5.91 Å². The molecular weight excluding hydrogens is 294 g/mol. The van der Waals surface area contributed by atoms with Crippen LogP contribution in [-0.4, -0.2) is 17.4 Å². The van der Waals surface area contributed by atoms with Crippen molar-refractivity contribution < 1.29 is 4.79 Å². The Balaban J connectivity index is 2.09. The van der Waals surface area contributed by atoms with Crippen LogP contribution in [0, 0.1) is 0 Å². The molecule has 22 heavy (non-hydrogen) atoms. The third kappa shape index (κ3) is 2.79. The van der Waals surface area contributed by atoms with Gasteiger partial charge >= 0.3 is 0 Å². The van der Waals surface area contributed by atoms with E-state index in [9.17, 15) is 4.79 Å². The molecule has 0 saturated heterocycles. The zero-order valence-electron chi connectivity index (χ0n) is 12.5. The maximum Gasteiger partial charge on any atom is 0.247 e. The molecule has 2 nitrogen and oxygen atoms in total. The number of carbonyl (C=O) groups excluding carboxylic acids is 1. The Morgan fingerprint density at radius 1 is 1.18 bits per heavy atom. The monoisotopic (exact) mass is 311 g/mol. The molecular formula is C19H18ClNO. The molecule has 0 aliphatic carbocycles. The molecule has 3 rings (SSSR count). The van der Waals surface area contributed by atoms with Crippen LogP contribution in [0.5, 0.6) is 0 Å². The van der Waals surface area contributed by atoms with Crippen molar-refractivity contribution in [2.75, 3.05) is 6.54 Å². The van der Waals surface area contributed by atoms with Crippen molar-refractivity contribution in [3.63, 3.8) is 0 Å². The van der Waals surface area contributed by atoms with Crippen molar-refractivity contribution in [3.05, 3.63) is 82.4 Å². The van der Waals surface area contributed by atoms with E-state index in [0.717, 1.165) is 18.5 Å². The van der Waals surface area contributed by atoms with E-state index < -0.39 is 0 Å². The summed E-state index contributed by atoms with van der Waals surface area (Å²) in [5.74, 6) is 0.0527. The third-order valence-electron chi connectivity index (χ3n) is 4.06. The first-order valence-corrected chi connectivity index (χ1v) is 7.85. The summed E-state index contributed by atoms with van der Waals surface area (Å²) in [5.41, 5.74) is 3.61. The minimum absolute atomic E-state index is 0.0501. The van der Waals surface area contributed by atoms with Crippen LogP contribution in [0.25, 0.3) is 0 Å². The van der Waals surface area contributed by atoms with E-state index in [1.165, 1.54) is 11.1 Å². The van der Waals surface area contributed by atoms with Gasteiger partial charge in [0.1, 0.15) is 0 Å². The second-order valence-electron chi connectivity index (χ2n) is 5.43. The van der Waals surface area contributed by atoms with Crippen molar-refractivity contribution in [3.8, 4) is 0 Å². The number of nitrogens with zero attached hydrogens (tertiary/aromatic N) is 1. The lowest BCUT2D eigenvalue weighted by Gasteiger charge is -2.37. The van der Waals surface area contributed by atoms with Crippen molar-refractivity contribution in [1.29, 1.82) is 0 Å². The van der Waals surface area contributed by atoms with Gasteiger partial charge in [-0.05, 0) is 48.2 Å². The van der Waals surface area contributed by atoms with Gasteiger partial charge in [-0.25, -0.2) is 0 Å². The summed E-state index contributed by atoms with van der Waals surface area (Å²) in [6.45, 7) is 2.60. The molecule has 0 saturated carbocycles. The van der Waals surface area contributed by atoms with Crippen LogP contribution in [0.4, 0.5) is 0 Å². The van der Waals surface area contributed by atoms with Crippen LogP contribution >= 0.6 is 11.6 Å². The molecule has 0 N–H and O–H groups in total. The summed E-state index contributed by atoms with van der Waals surface area (Å²) in [6, 6.07) is 16.1. The molecule has 1 amide bonds. The Morgan fingerprint density at radius 3 is 2.64 bits per heavy atom. The van der Waals surface area contributed by atoms with Crippen LogP contribution in [0.2, 0.25) is 5.02 Å². The SMILES string of the molecule is C/C=C/C(=O)N1CCc2ccccc2C1c1ccc(Cl)cc1. The number of hydrogen-bond donors (Lipinski definition) is 0. The Bertz CT molecular complexity index is 706. The summed E-state index contributed by atoms with van der Waals surface area (Å²) >= 11 is 6.01. The summed E-state index contributed by atoms with van der Waals surface area (Å²) < 4.78 is 0. The molecule has 0 radical (unpaired) electrons. The minimum atomic E-state index is -0.0501. The van der Waals surface area contributed by atoms with Gasteiger partial charge in [0.15, 0.2) is 0 Å². The highest BCUT2D eigenvalue weighted by molar-refractivity contribution is 6.30. The summed E-state index contributed by atoms with van der Waals surface area (Å²) in [4.78, 5) is 14.4. The average Bonchev–Trinajstić information content (AvgIpc) is 2.55. The number of benzene rings is 2. The predicted octanol–water partition coefficient (Wildman–Crippen LogP) is 4.39. The molecule has 1 atom stereocenters. The molecule has 1 heterocycles. The van der Waals surface area contributed by atoms with E-state index in [4.69, 9.17) is 11.6 Å². The van der Waals surface area contributed by atoms with Crippen LogP contribution in [0.15, 0.2) is 60.7 Å². The fourth-order valence-electron chi connectivity index (χ4n) is 3.05.